The SMILES string of the molecule is CCNC(=NCCc1ccc(F)cc1Cl)N1CCN(C(C)C(=O)N2CCCC2)CC1.I. The number of rotatable bonds is 6. The summed E-state index contributed by atoms with van der Waals surface area (Å²) in [5, 5.41) is 3.81. The maximum atomic E-state index is 13.2. The minimum atomic E-state index is -0.323. The van der Waals surface area contributed by atoms with E-state index in [1.807, 2.05) is 11.8 Å². The lowest BCUT2D eigenvalue weighted by molar-refractivity contribution is -0.135. The van der Waals surface area contributed by atoms with Crippen LogP contribution in [0.3, 0.4) is 0 Å². The van der Waals surface area contributed by atoms with Gasteiger partial charge >= 0.3 is 0 Å². The Labute approximate surface area is 207 Å². The van der Waals surface area contributed by atoms with Crippen molar-refractivity contribution in [2.75, 3.05) is 52.4 Å². The molecule has 0 aliphatic carbocycles. The zero-order valence-corrected chi connectivity index (χ0v) is 21.5. The first kappa shape index (κ1) is 26.1. The van der Waals surface area contributed by atoms with Crippen LogP contribution in [-0.2, 0) is 11.2 Å². The second-order valence-corrected chi connectivity index (χ2v) is 8.36. The molecule has 1 N–H and O–H groups in total. The van der Waals surface area contributed by atoms with Crippen LogP contribution in [0.15, 0.2) is 23.2 Å². The number of nitrogens with one attached hydrogen (secondary N) is 1. The van der Waals surface area contributed by atoms with E-state index in [0.29, 0.717) is 18.0 Å². The number of carbonyl (C=O) groups excluding carboxylic acids is 1. The average molecular weight is 566 g/mol. The zero-order valence-electron chi connectivity index (χ0n) is 18.4. The first-order valence-corrected chi connectivity index (χ1v) is 11.4. The monoisotopic (exact) mass is 565 g/mol. The van der Waals surface area contributed by atoms with Crippen LogP contribution in [-0.4, -0.2) is 85.0 Å². The fraction of sp³-hybridized carbons (Fsp3) is 0.636. The number of guanidine groups is 1. The molecular weight excluding hydrogens is 532 g/mol. The molecule has 2 heterocycles. The Morgan fingerprint density at radius 1 is 1.16 bits per heavy atom. The van der Waals surface area contributed by atoms with Gasteiger partial charge in [0.1, 0.15) is 5.82 Å². The minimum Gasteiger partial charge on any atom is -0.357 e. The van der Waals surface area contributed by atoms with Gasteiger partial charge in [0.15, 0.2) is 5.96 Å². The zero-order chi connectivity index (χ0) is 21.5. The Bertz CT molecular complexity index is 751. The Morgan fingerprint density at radius 2 is 1.84 bits per heavy atom. The van der Waals surface area contributed by atoms with Gasteiger partial charge in [-0.3, -0.25) is 14.7 Å². The molecule has 0 aromatic heterocycles. The normalized spacial score (nSPS) is 18.6. The summed E-state index contributed by atoms with van der Waals surface area (Å²) in [5.74, 6) is 0.822. The molecule has 2 saturated heterocycles. The summed E-state index contributed by atoms with van der Waals surface area (Å²) >= 11 is 6.12. The van der Waals surface area contributed by atoms with Crippen LogP contribution in [0.1, 0.15) is 32.3 Å². The molecule has 3 rings (SSSR count). The highest BCUT2D eigenvalue weighted by Crippen LogP contribution is 2.18. The topological polar surface area (TPSA) is 51.2 Å². The number of benzene rings is 1. The lowest BCUT2D eigenvalue weighted by atomic mass is 10.1. The molecule has 174 valence electrons. The maximum Gasteiger partial charge on any atom is 0.239 e. The van der Waals surface area contributed by atoms with E-state index in [9.17, 15) is 9.18 Å². The molecule has 1 unspecified atom stereocenters. The Balaban J connectivity index is 0.00000341. The standard InChI is InChI=1S/C22H33ClFN5O.HI/c1-3-25-22(26-9-8-18-6-7-19(24)16-20(18)23)29-14-12-27(13-15-29)17(2)21(30)28-10-4-5-11-28;/h6-7,16-17H,3-5,8-15H2,1-2H3,(H,25,26);1H. The van der Waals surface area contributed by atoms with Gasteiger partial charge in [0.25, 0.3) is 0 Å². The molecule has 0 radical (unpaired) electrons. The number of amides is 1. The number of carbonyl (C=O) groups is 1. The van der Waals surface area contributed by atoms with Crippen LogP contribution in [0.4, 0.5) is 4.39 Å². The molecule has 1 amide bonds. The molecular formula is C22H34ClFIN5O. The highest BCUT2D eigenvalue weighted by atomic mass is 127. The minimum absolute atomic E-state index is 0. The van der Waals surface area contributed by atoms with Crippen LogP contribution >= 0.6 is 35.6 Å². The van der Waals surface area contributed by atoms with Crippen molar-refractivity contribution in [3.8, 4) is 0 Å². The summed E-state index contributed by atoms with van der Waals surface area (Å²) in [6, 6.07) is 4.43. The molecule has 9 heteroatoms. The second kappa shape index (κ2) is 12.8. The average Bonchev–Trinajstić information content (AvgIpc) is 3.28. The molecule has 0 saturated carbocycles. The first-order chi connectivity index (χ1) is 14.5. The summed E-state index contributed by atoms with van der Waals surface area (Å²) in [5.41, 5.74) is 0.900. The number of likely N-dealkylation sites (tertiary alicyclic amines) is 1. The smallest absolute Gasteiger partial charge is 0.239 e. The predicted octanol–water partition coefficient (Wildman–Crippen LogP) is 3.23. The highest BCUT2D eigenvalue weighted by Gasteiger charge is 2.30. The fourth-order valence-corrected chi connectivity index (χ4v) is 4.37. The van der Waals surface area contributed by atoms with Crippen LogP contribution in [0, 0.1) is 5.82 Å². The van der Waals surface area contributed by atoms with Gasteiger partial charge in [0, 0.05) is 57.4 Å². The fourth-order valence-electron chi connectivity index (χ4n) is 4.11. The Kier molecular flexibility index (Phi) is 10.8. The number of hydrogen-bond donors (Lipinski definition) is 1. The maximum absolute atomic E-state index is 13.2. The summed E-state index contributed by atoms with van der Waals surface area (Å²) in [6.45, 7) is 10.6. The van der Waals surface area contributed by atoms with Gasteiger partial charge in [-0.2, -0.15) is 0 Å². The third-order valence-corrected chi connectivity index (χ3v) is 6.28. The van der Waals surface area contributed by atoms with E-state index in [0.717, 1.165) is 70.2 Å². The molecule has 0 bridgehead atoms. The van der Waals surface area contributed by atoms with E-state index in [2.05, 4.69) is 22.0 Å². The molecule has 2 fully saturated rings. The van der Waals surface area contributed by atoms with Gasteiger partial charge in [-0.1, -0.05) is 17.7 Å². The molecule has 2 aliphatic heterocycles. The van der Waals surface area contributed by atoms with E-state index in [1.54, 1.807) is 6.07 Å². The van der Waals surface area contributed by atoms with Crippen LogP contribution < -0.4 is 5.32 Å². The Morgan fingerprint density at radius 3 is 2.45 bits per heavy atom. The number of hydrogen-bond acceptors (Lipinski definition) is 3. The van der Waals surface area contributed by atoms with E-state index in [4.69, 9.17) is 16.6 Å². The third-order valence-electron chi connectivity index (χ3n) is 5.93. The van der Waals surface area contributed by atoms with E-state index in [-0.39, 0.29) is 41.7 Å². The van der Waals surface area contributed by atoms with E-state index in [1.165, 1.54) is 12.1 Å². The molecule has 1 atom stereocenters. The van der Waals surface area contributed by atoms with Gasteiger partial charge in [-0.15, -0.1) is 24.0 Å². The largest absolute Gasteiger partial charge is 0.357 e. The first-order valence-electron chi connectivity index (χ1n) is 11.0. The summed E-state index contributed by atoms with van der Waals surface area (Å²) in [4.78, 5) is 24.0. The number of piperazine rings is 1. The molecule has 2 aliphatic rings. The number of nitrogens with zero attached hydrogens (tertiary/aromatic N) is 4. The van der Waals surface area contributed by atoms with E-state index < -0.39 is 0 Å². The van der Waals surface area contributed by atoms with Crippen molar-refractivity contribution in [1.29, 1.82) is 0 Å². The second-order valence-electron chi connectivity index (χ2n) is 7.95. The molecule has 6 nitrogen and oxygen atoms in total. The van der Waals surface area contributed by atoms with Crippen molar-refractivity contribution in [3.63, 3.8) is 0 Å². The third kappa shape index (κ3) is 7.18. The molecule has 31 heavy (non-hydrogen) atoms. The lowest BCUT2D eigenvalue weighted by Crippen LogP contribution is -2.57. The number of aliphatic imine (C=N–C) groups is 1. The quantitative estimate of drug-likeness (QED) is 0.327. The molecule has 0 spiro atoms. The van der Waals surface area contributed by atoms with Crippen LogP contribution in [0.25, 0.3) is 0 Å². The van der Waals surface area contributed by atoms with Gasteiger partial charge < -0.3 is 15.1 Å². The van der Waals surface area contributed by atoms with Crippen molar-refractivity contribution in [2.45, 2.75) is 39.2 Å². The van der Waals surface area contributed by atoms with Gasteiger partial charge in [-0.25, -0.2) is 4.39 Å². The van der Waals surface area contributed by atoms with Crippen LogP contribution in [0.2, 0.25) is 5.02 Å². The van der Waals surface area contributed by atoms with Gasteiger partial charge in [0.2, 0.25) is 5.91 Å². The van der Waals surface area contributed by atoms with E-state index >= 15 is 0 Å². The predicted molar refractivity (Wildman–Crippen MR) is 135 cm³/mol. The van der Waals surface area contributed by atoms with Crippen molar-refractivity contribution >= 4 is 47.4 Å². The van der Waals surface area contributed by atoms with Gasteiger partial charge in [-0.05, 0) is 50.8 Å². The van der Waals surface area contributed by atoms with Crippen LogP contribution in [0.5, 0.6) is 0 Å². The van der Waals surface area contributed by atoms with Crippen molar-refractivity contribution in [2.24, 2.45) is 4.99 Å². The van der Waals surface area contributed by atoms with Gasteiger partial charge in [0.05, 0.1) is 6.04 Å². The van der Waals surface area contributed by atoms with Crippen molar-refractivity contribution in [3.05, 3.63) is 34.6 Å². The highest BCUT2D eigenvalue weighted by molar-refractivity contribution is 14.0. The number of halogens is 3. The lowest BCUT2D eigenvalue weighted by Gasteiger charge is -2.39. The van der Waals surface area contributed by atoms with Crippen molar-refractivity contribution in [1.82, 2.24) is 20.0 Å². The Hall–Kier alpha value is -1.13. The summed E-state index contributed by atoms with van der Waals surface area (Å²) < 4.78 is 13.2. The summed E-state index contributed by atoms with van der Waals surface area (Å²) in [6.07, 6.45) is 2.91. The van der Waals surface area contributed by atoms with Crippen molar-refractivity contribution < 1.29 is 9.18 Å². The summed E-state index contributed by atoms with van der Waals surface area (Å²) in [7, 11) is 0. The molecule has 1 aromatic rings. The molecule has 1 aromatic carbocycles.